The SMILES string of the molecule is CC(NC(=NCC(=O)N(C)C)NCC1(CN2CCOCC2)CCCCC1)c1ccccc1. The van der Waals surface area contributed by atoms with Gasteiger partial charge in [-0.25, -0.2) is 4.99 Å². The van der Waals surface area contributed by atoms with Gasteiger partial charge in [0.2, 0.25) is 5.91 Å². The molecule has 1 aliphatic heterocycles. The molecule has 1 aromatic rings. The maximum Gasteiger partial charge on any atom is 0.243 e. The molecule has 32 heavy (non-hydrogen) atoms. The zero-order chi connectivity index (χ0) is 22.8. The van der Waals surface area contributed by atoms with Gasteiger partial charge in [0.25, 0.3) is 0 Å². The van der Waals surface area contributed by atoms with Crippen LogP contribution in [0.5, 0.6) is 0 Å². The number of hydrogen-bond acceptors (Lipinski definition) is 4. The fourth-order valence-corrected chi connectivity index (χ4v) is 4.67. The zero-order valence-corrected chi connectivity index (χ0v) is 20.1. The molecule has 0 radical (unpaired) electrons. The van der Waals surface area contributed by atoms with E-state index in [2.05, 4.69) is 39.6 Å². The Labute approximate surface area is 193 Å². The molecule has 1 unspecified atom stereocenters. The van der Waals surface area contributed by atoms with Crippen molar-refractivity contribution in [1.29, 1.82) is 0 Å². The molecule has 7 heteroatoms. The molecule has 1 saturated carbocycles. The third kappa shape index (κ3) is 7.48. The average molecular weight is 444 g/mol. The van der Waals surface area contributed by atoms with Gasteiger partial charge in [0.1, 0.15) is 6.54 Å². The number of nitrogens with zero attached hydrogens (tertiary/aromatic N) is 3. The highest BCUT2D eigenvalue weighted by Gasteiger charge is 2.34. The highest BCUT2D eigenvalue weighted by molar-refractivity contribution is 5.85. The van der Waals surface area contributed by atoms with Crippen molar-refractivity contribution in [2.75, 3.05) is 60.0 Å². The summed E-state index contributed by atoms with van der Waals surface area (Å²) in [5.41, 5.74) is 1.43. The second-order valence-corrected chi connectivity index (χ2v) is 9.53. The van der Waals surface area contributed by atoms with E-state index in [9.17, 15) is 4.79 Å². The molecule has 3 rings (SSSR count). The van der Waals surface area contributed by atoms with Crippen LogP contribution in [0, 0.1) is 5.41 Å². The number of amides is 1. The van der Waals surface area contributed by atoms with Crippen LogP contribution in [0.3, 0.4) is 0 Å². The molecule has 178 valence electrons. The highest BCUT2D eigenvalue weighted by atomic mass is 16.5. The van der Waals surface area contributed by atoms with Crippen molar-refractivity contribution in [3.63, 3.8) is 0 Å². The van der Waals surface area contributed by atoms with Crippen LogP contribution in [0.2, 0.25) is 0 Å². The van der Waals surface area contributed by atoms with Crippen molar-refractivity contribution in [1.82, 2.24) is 20.4 Å². The number of carbonyl (C=O) groups excluding carboxylic acids is 1. The number of nitrogens with one attached hydrogen (secondary N) is 2. The Hall–Kier alpha value is -2.12. The predicted octanol–water partition coefficient (Wildman–Crippen LogP) is 2.65. The van der Waals surface area contributed by atoms with Gasteiger partial charge in [0, 0.05) is 45.7 Å². The molecular weight excluding hydrogens is 402 g/mol. The summed E-state index contributed by atoms with van der Waals surface area (Å²) in [5.74, 6) is 0.711. The lowest BCUT2D eigenvalue weighted by atomic mass is 9.73. The molecule has 1 heterocycles. The monoisotopic (exact) mass is 443 g/mol. The topological polar surface area (TPSA) is 69.2 Å². The zero-order valence-electron chi connectivity index (χ0n) is 20.1. The van der Waals surface area contributed by atoms with E-state index in [1.807, 2.05) is 18.2 Å². The summed E-state index contributed by atoms with van der Waals surface area (Å²) in [5, 5.41) is 7.15. The van der Waals surface area contributed by atoms with E-state index in [-0.39, 0.29) is 23.9 Å². The van der Waals surface area contributed by atoms with Crippen LogP contribution >= 0.6 is 0 Å². The third-order valence-electron chi connectivity index (χ3n) is 6.73. The lowest BCUT2D eigenvalue weighted by Crippen LogP contribution is -2.51. The van der Waals surface area contributed by atoms with E-state index in [1.165, 1.54) is 37.7 Å². The predicted molar refractivity (Wildman–Crippen MR) is 130 cm³/mol. The van der Waals surface area contributed by atoms with E-state index >= 15 is 0 Å². The number of ether oxygens (including phenoxy) is 1. The first-order chi connectivity index (χ1) is 15.5. The largest absolute Gasteiger partial charge is 0.379 e. The summed E-state index contributed by atoms with van der Waals surface area (Å²) < 4.78 is 5.56. The Bertz CT molecular complexity index is 725. The van der Waals surface area contributed by atoms with Crippen molar-refractivity contribution in [3.05, 3.63) is 35.9 Å². The standard InChI is InChI=1S/C25H41N5O2/c1-21(22-10-6-4-7-11-22)28-24(26-18-23(31)29(2)3)27-19-25(12-8-5-9-13-25)20-30-14-16-32-17-15-30/h4,6-7,10-11,21H,5,8-9,12-20H2,1-3H3,(H2,26,27,28). The quantitative estimate of drug-likeness (QED) is 0.478. The maximum atomic E-state index is 12.2. The second-order valence-electron chi connectivity index (χ2n) is 9.53. The van der Waals surface area contributed by atoms with Crippen molar-refractivity contribution in [2.45, 2.75) is 45.1 Å². The third-order valence-corrected chi connectivity index (χ3v) is 6.73. The summed E-state index contributed by atoms with van der Waals surface area (Å²) in [6, 6.07) is 10.4. The van der Waals surface area contributed by atoms with Gasteiger partial charge in [-0.3, -0.25) is 9.69 Å². The van der Waals surface area contributed by atoms with E-state index in [0.29, 0.717) is 5.96 Å². The van der Waals surface area contributed by atoms with Crippen LogP contribution in [0.15, 0.2) is 35.3 Å². The molecule has 1 amide bonds. The van der Waals surface area contributed by atoms with Gasteiger partial charge in [-0.15, -0.1) is 0 Å². The number of carbonyl (C=O) groups is 1. The van der Waals surface area contributed by atoms with Gasteiger partial charge in [-0.1, -0.05) is 49.6 Å². The molecule has 1 aliphatic carbocycles. The number of hydrogen-bond donors (Lipinski definition) is 2. The molecule has 7 nitrogen and oxygen atoms in total. The summed E-state index contributed by atoms with van der Waals surface area (Å²) in [6.07, 6.45) is 6.36. The molecule has 1 atom stereocenters. The smallest absolute Gasteiger partial charge is 0.243 e. The molecule has 2 N–H and O–H groups in total. The number of benzene rings is 1. The number of rotatable bonds is 8. The van der Waals surface area contributed by atoms with Crippen molar-refractivity contribution >= 4 is 11.9 Å². The lowest BCUT2D eigenvalue weighted by molar-refractivity contribution is -0.127. The minimum atomic E-state index is -0.000777. The number of aliphatic imine (C=N–C) groups is 1. The molecule has 1 aromatic carbocycles. The Kier molecular flexibility index (Phi) is 9.36. The van der Waals surface area contributed by atoms with Crippen LogP contribution in [0.4, 0.5) is 0 Å². The van der Waals surface area contributed by atoms with Gasteiger partial charge in [-0.05, 0) is 25.3 Å². The van der Waals surface area contributed by atoms with E-state index in [1.54, 1.807) is 19.0 Å². The Morgan fingerprint density at radius 2 is 1.84 bits per heavy atom. The number of likely N-dealkylation sites (N-methyl/N-ethyl adjacent to an activating group) is 1. The molecule has 2 aliphatic rings. The first-order valence-corrected chi connectivity index (χ1v) is 12.1. The molecule has 2 fully saturated rings. The van der Waals surface area contributed by atoms with Crippen molar-refractivity contribution < 1.29 is 9.53 Å². The molecule has 1 saturated heterocycles. The molecule has 0 bridgehead atoms. The van der Waals surface area contributed by atoms with Gasteiger partial charge in [-0.2, -0.15) is 0 Å². The first-order valence-electron chi connectivity index (χ1n) is 12.1. The Morgan fingerprint density at radius 3 is 2.50 bits per heavy atom. The number of morpholine rings is 1. The average Bonchev–Trinajstić information content (AvgIpc) is 2.82. The van der Waals surface area contributed by atoms with Gasteiger partial charge in [0.15, 0.2) is 5.96 Å². The first kappa shape index (κ1) is 24.5. The number of guanidine groups is 1. The minimum absolute atomic E-state index is 0.000777. The van der Waals surface area contributed by atoms with Crippen LogP contribution < -0.4 is 10.6 Å². The minimum Gasteiger partial charge on any atom is -0.379 e. The summed E-state index contributed by atoms with van der Waals surface area (Å²) in [7, 11) is 3.54. The maximum absolute atomic E-state index is 12.2. The van der Waals surface area contributed by atoms with Crippen LogP contribution in [-0.4, -0.2) is 81.7 Å². The van der Waals surface area contributed by atoms with Gasteiger partial charge in [0.05, 0.1) is 19.3 Å². The van der Waals surface area contributed by atoms with Crippen molar-refractivity contribution in [3.8, 4) is 0 Å². The van der Waals surface area contributed by atoms with Gasteiger partial charge < -0.3 is 20.3 Å². The Balaban J connectivity index is 1.69. The molecule has 0 spiro atoms. The van der Waals surface area contributed by atoms with E-state index < -0.39 is 0 Å². The van der Waals surface area contributed by atoms with Crippen molar-refractivity contribution in [2.24, 2.45) is 10.4 Å². The lowest BCUT2D eigenvalue weighted by Gasteiger charge is -2.42. The fraction of sp³-hybridized carbons (Fsp3) is 0.680. The second kappa shape index (κ2) is 12.2. The highest BCUT2D eigenvalue weighted by Crippen LogP contribution is 2.36. The summed E-state index contributed by atoms with van der Waals surface area (Å²) in [6.45, 7) is 7.94. The van der Waals surface area contributed by atoms with E-state index in [0.717, 1.165) is 39.4 Å². The molecular formula is C25H41N5O2. The van der Waals surface area contributed by atoms with Gasteiger partial charge >= 0.3 is 0 Å². The molecule has 0 aromatic heterocycles. The van der Waals surface area contributed by atoms with Crippen LogP contribution in [0.1, 0.15) is 50.6 Å². The Morgan fingerprint density at radius 1 is 1.16 bits per heavy atom. The summed E-state index contributed by atoms with van der Waals surface area (Å²) >= 11 is 0. The fourth-order valence-electron chi connectivity index (χ4n) is 4.67. The summed E-state index contributed by atoms with van der Waals surface area (Å²) in [4.78, 5) is 21.0. The van der Waals surface area contributed by atoms with Crippen LogP contribution in [0.25, 0.3) is 0 Å². The van der Waals surface area contributed by atoms with E-state index in [4.69, 9.17) is 4.74 Å². The van der Waals surface area contributed by atoms with Crippen LogP contribution in [-0.2, 0) is 9.53 Å². The normalized spacial score (nSPS) is 20.4.